The third kappa shape index (κ3) is 4.86. The number of carbonyl (C=O) groups is 1. The van der Waals surface area contributed by atoms with E-state index in [0.717, 1.165) is 18.8 Å². The number of ether oxygens (including phenoxy) is 3. The van der Waals surface area contributed by atoms with Gasteiger partial charge in [-0.2, -0.15) is 8.78 Å². The van der Waals surface area contributed by atoms with E-state index in [9.17, 15) is 13.6 Å². The topological polar surface area (TPSA) is 48.0 Å². The summed E-state index contributed by atoms with van der Waals surface area (Å²) in [6.45, 7) is -0.150. The molecule has 1 heterocycles. The second-order valence-electron chi connectivity index (χ2n) is 6.10. The molecule has 5 nitrogen and oxygen atoms in total. The molecule has 3 rings (SSSR count). The van der Waals surface area contributed by atoms with Crippen LogP contribution in [0.3, 0.4) is 0 Å². The van der Waals surface area contributed by atoms with Crippen molar-refractivity contribution in [1.29, 1.82) is 0 Å². The van der Waals surface area contributed by atoms with Gasteiger partial charge < -0.3 is 19.1 Å². The van der Waals surface area contributed by atoms with Crippen LogP contribution in [0, 0.1) is 0 Å². The number of ketones is 1. The molecule has 0 saturated carbocycles. The predicted molar refractivity (Wildman–Crippen MR) is 102 cm³/mol. The first-order chi connectivity index (χ1) is 13.6. The molecule has 0 amide bonds. The fraction of sp³-hybridized carbons (Fsp3) is 0.286. The minimum Gasteiger partial charge on any atom is -0.493 e. The summed E-state index contributed by atoms with van der Waals surface area (Å²) in [6.07, 6.45) is 2.79. The van der Waals surface area contributed by atoms with Crippen LogP contribution in [0.5, 0.6) is 11.5 Å². The molecule has 0 N–H and O–H groups in total. The Morgan fingerprint density at radius 2 is 1.93 bits per heavy atom. The Hall–Kier alpha value is -2.93. The third-order valence-corrected chi connectivity index (χ3v) is 4.36. The number of benzene rings is 2. The van der Waals surface area contributed by atoms with Gasteiger partial charge in [0.25, 0.3) is 0 Å². The normalized spacial score (nSPS) is 14.5. The molecule has 0 unspecified atom stereocenters. The summed E-state index contributed by atoms with van der Waals surface area (Å²) >= 11 is 0. The highest BCUT2D eigenvalue weighted by Crippen LogP contribution is 2.33. The van der Waals surface area contributed by atoms with Crippen molar-refractivity contribution in [2.45, 2.75) is 6.61 Å². The number of para-hydroxylation sites is 1. The Morgan fingerprint density at radius 3 is 2.64 bits per heavy atom. The maximum atomic E-state index is 12.7. The molecule has 28 heavy (non-hydrogen) atoms. The Morgan fingerprint density at radius 1 is 1.18 bits per heavy atom. The monoisotopic (exact) mass is 389 g/mol. The summed E-state index contributed by atoms with van der Waals surface area (Å²) in [5.74, 6) is -0.170. The zero-order valence-corrected chi connectivity index (χ0v) is 15.4. The van der Waals surface area contributed by atoms with Gasteiger partial charge >= 0.3 is 6.61 Å². The van der Waals surface area contributed by atoms with Crippen molar-refractivity contribution in [3.05, 3.63) is 59.7 Å². The lowest BCUT2D eigenvalue weighted by Crippen LogP contribution is -2.36. The molecule has 0 radical (unpaired) electrons. The maximum Gasteiger partial charge on any atom is 0.387 e. The van der Waals surface area contributed by atoms with E-state index in [1.54, 1.807) is 18.2 Å². The molecule has 148 valence electrons. The molecule has 0 aromatic heterocycles. The first kappa shape index (κ1) is 19.8. The minimum atomic E-state index is -3.00. The highest BCUT2D eigenvalue weighted by atomic mass is 19.3. The van der Waals surface area contributed by atoms with Crippen LogP contribution < -0.4 is 14.4 Å². The number of morpholine rings is 1. The summed E-state index contributed by atoms with van der Waals surface area (Å²) in [5.41, 5.74) is 1.79. The molecule has 1 aliphatic rings. The molecule has 1 aliphatic heterocycles. The molecule has 0 spiro atoms. The van der Waals surface area contributed by atoms with Crippen LogP contribution in [-0.2, 0) is 4.74 Å². The number of anilines is 1. The lowest BCUT2D eigenvalue weighted by Gasteiger charge is -2.29. The fourth-order valence-corrected chi connectivity index (χ4v) is 2.98. The van der Waals surface area contributed by atoms with E-state index >= 15 is 0 Å². The molecule has 0 bridgehead atoms. The standard InChI is InChI=1S/C21H21F2NO4/c1-26-19-7-3-4-15(20(19)28-21(22)23)8-9-18(25)16-5-2-6-17(14-16)24-10-12-27-13-11-24/h2-9,14,21H,10-13H2,1H3/b9-8+. The van der Waals surface area contributed by atoms with Crippen molar-refractivity contribution in [3.63, 3.8) is 0 Å². The molecular formula is C21H21F2NO4. The lowest BCUT2D eigenvalue weighted by atomic mass is 10.1. The molecule has 0 atom stereocenters. The van der Waals surface area contributed by atoms with Crippen molar-refractivity contribution in [3.8, 4) is 11.5 Å². The first-order valence-electron chi connectivity index (χ1n) is 8.85. The maximum absolute atomic E-state index is 12.7. The predicted octanol–water partition coefficient (Wildman–Crippen LogP) is 4.03. The number of alkyl halides is 2. The van der Waals surface area contributed by atoms with Crippen molar-refractivity contribution in [2.24, 2.45) is 0 Å². The van der Waals surface area contributed by atoms with Gasteiger partial charge in [0, 0.05) is 29.9 Å². The van der Waals surface area contributed by atoms with Gasteiger partial charge in [-0.3, -0.25) is 4.79 Å². The molecule has 1 saturated heterocycles. The van der Waals surface area contributed by atoms with Gasteiger partial charge in [-0.25, -0.2) is 0 Å². The second-order valence-corrected chi connectivity index (χ2v) is 6.10. The highest BCUT2D eigenvalue weighted by molar-refractivity contribution is 6.07. The quantitative estimate of drug-likeness (QED) is 0.529. The van der Waals surface area contributed by atoms with Gasteiger partial charge in [0.05, 0.1) is 20.3 Å². The molecule has 7 heteroatoms. The van der Waals surface area contributed by atoms with E-state index in [-0.39, 0.29) is 17.3 Å². The highest BCUT2D eigenvalue weighted by Gasteiger charge is 2.15. The van der Waals surface area contributed by atoms with Gasteiger partial charge in [-0.15, -0.1) is 0 Å². The number of allylic oxidation sites excluding steroid dienone is 1. The van der Waals surface area contributed by atoms with Gasteiger partial charge in [-0.1, -0.05) is 24.3 Å². The van der Waals surface area contributed by atoms with Crippen molar-refractivity contribution >= 4 is 17.5 Å². The van der Waals surface area contributed by atoms with E-state index in [1.807, 2.05) is 18.2 Å². The number of methoxy groups -OCH3 is 1. The van der Waals surface area contributed by atoms with Crippen LogP contribution in [0.4, 0.5) is 14.5 Å². The summed E-state index contributed by atoms with van der Waals surface area (Å²) in [4.78, 5) is 14.7. The van der Waals surface area contributed by atoms with Crippen LogP contribution >= 0.6 is 0 Å². The van der Waals surface area contributed by atoms with E-state index in [0.29, 0.717) is 24.3 Å². The van der Waals surface area contributed by atoms with E-state index < -0.39 is 6.61 Å². The fourth-order valence-electron chi connectivity index (χ4n) is 2.98. The van der Waals surface area contributed by atoms with Crippen molar-refractivity contribution in [1.82, 2.24) is 0 Å². The van der Waals surface area contributed by atoms with E-state index in [4.69, 9.17) is 9.47 Å². The van der Waals surface area contributed by atoms with Crippen LogP contribution in [0.15, 0.2) is 48.5 Å². The molecule has 0 aliphatic carbocycles. The second kappa shape index (κ2) is 9.32. The zero-order valence-electron chi connectivity index (χ0n) is 15.4. The minimum absolute atomic E-state index is 0.105. The Bertz CT molecular complexity index is 848. The van der Waals surface area contributed by atoms with E-state index in [1.165, 1.54) is 25.3 Å². The average Bonchev–Trinajstić information content (AvgIpc) is 2.73. The summed E-state index contributed by atoms with van der Waals surface area (Å²) in [6, 6.07) is 12.0. The van der Waals surface area contributed by atoms with Crippen molar-refractivity contribution in [2.75, 3.05) is 38.3 Å². The van der Waals surface area contributed by atoms with Crippen LogP contribution in [0.2, 0.25) is 0 Å². The van der Waals surface area contributed by atoms with Gasteiger partial charge in [0.2, 0.25) is 0 Å². The average molecular weight is 389 g/mol. The molecular weight excluding hydrogens is 368 g/mol. The number of rotatable bonds is 7. The molecule has 1 fully saturated rings. The van der Waals surface area contributed by atoms with Crippen molar-refractivity contribution < 1.29 is 27.8 Å². The number of hydrogen-bond acceptors (Lipinski definition) is 5. The van der Waals surface area contributed by atoms with Crippen LogP contribution in [0.25, 0.3) is 6.08 Å². The summed E-state index contributed by atoms with van der Waals surface area (Å²) in [5, 5.41) is 0. The number of nitrogens with zero attached hydrogens (tertiary/aromatic N) is 1. The Kier molecular flexibility index (Phi) is 6.60. The third-order valence-electron chi connectivity index (χ3n) is 4.36. The lowest BCUT2D eigenvalue weighted by molar-refractivity contribution is -0.0513. The first-order valence-corrected chi connectivity index (χ1v) is 8.85. The summed E-state index contributed by atoms with van der Waals surface area (Å²) < 4.78 is 40.4. The Labute approximate surface area is 162 Å². The van der Waals surface area contributed by atoms with Gasteiger partial charge in [-0.05, 0) is 30.4 Å². The van der Waals surface area contributed by atoms with Crippen LogP contribution in [-0.4, -0.2) is 45.8 Å². The Balaban J connectivity index is 1.80. The van der Waals surface area contributed by atoms with Crippen LogP contribution in [0.1, 0.15) is 15.9 Å². The molecule has 2 aromatic carbocycles. The van der Waals surface area contributed by atoms with E-state index in [2.05, 4.69) is 9.64 Å². The molecule has 2 aromatic rings. The number of hydrogen-bond donors (Lipinski definition) is 0. The van der Waals surface area contributed by atoms with Gasteiger partial charge in [0.1, 0.15) is 0 Å². The number of halogens is 2. The largest absolute Gasteiger partial charge is 0.493 e. The SMILES string of the molecule is COc1cccc(/C=C/C(=O)c2cccc(N3CCOCC3)c2)c1OC(F)F. The van der Waals surface area contributed by atoms with Gasteiger partial charge in [0.15, 0.2) is 17.3 Å². The smallest absolute Gasteiger partial charge is 0.387 e. The number of carbonyl (C=O) groups excluding carboxylic acids is 1. The zero-order chi connectivity index (χ0) is 19.9. The summed E-state index contributed by atoms with van der Waals surface area (Å²) in [7, 11) is 1.36.